The number of rotatable bonds is 5. The minimum Gasteiger partial charge on any atom is -0.321 e. The van der Waals surface area contributed by atoms with Gasteiger partial charge in [-0.3, -0.25) is 14.5 Å². The summed E-state index contributed by atoms with van der Waals surface area (Å²) in [6, 6.07) is 25.0. The third-order valence-corrected chi connectivity index (χ3v) is 6.91. The van der Waals surface area contributed by atoms with E-state index in [-0.39, 0.29) is 11.5 Å². The molecule has 3 aromatic rings. The molecule has 0 saturated carbocycles. The fraction of sp³-hybridized carbons (Fsp3) is 0.179. The molecule has 4 rings (SSSR count). The van der Waals surface area contributed by atoms with Gasteiger partial charge in [-0.2, -0.15) is 5.26 Å². The highest BCUT2D eigenvalue weighted by molar-refractivity contribution is 8.05. The van der Waals surface area contributed by atoms with Crippen LogP contribution in [0.25, 0.3) is 0 Å². The molecule has 6 heteroatoms. The van der Waals surface area contributed by atoms with Crippen LogP contribution in [-0.2, 0) is 16.0 Å². The second-order valence-electron chi connectivity index (χ2n) is 8.42. The number of carbonyl (C=O) groups is 2. The van der Waals surface area contributed by atoms with E-state index in [1.54, 1.807) is 12.1 Å². The molecule has 0 unspecified atom stereocenters. The van der Waals surface area contributed by atoms with Gasteiger partial charge in [-0.1, -0.05) is 77.0 Å². The van der Waals surface area contributed by atoms with E-state index >= 15 is 0 Å². The number of nitriles is 1. The third-order valence-electron chi connectivity index (χ3n) is 5.65. The van der Waals surface area contributed by atoms with E-state index in [2.05, 4.69) is 11.4 Å². The van der Waals surface area contributed by atoms with Crippen LogP contribution in [0.1, 0.15) is 22.3 Å². The van der Waals surface area contributed by atoms with Gasteiger partial charge >= 0.3 is 0 Å². The molecule has 3 aromatic carbocycles. The monoisotopic (exact) mass is 467 g/mol. The van der Waals surface area contributed by atoms with E-state index in [1.807, 2.05) is 81.4 Å². The average Bonchev–Trinajstić information content (AvgIpc) is 3.13. The van der Waals surface area contributed by atoms with Crippen molar-refractivity contribution in [2.24, 2.45) is 0 Å². The lowest BCUT2D eigenvalue weighted by atomic mass is 10.1. The molecule has 0 radical (unpaired) electrons. The number of hydrogen-bond acceptors (Lipinski definition) is 4. The highest BCUT2D eigenvalue weighted by atomic mass is 32.2. The van der Waals surface area contributed by atoms with Crippen LogP contribution < -0.4 is 10.2 Å². The molecule has 1 fully saturated rings. The van der Waals surface area contributed by atoms with E-state index < -0.39 is 11.2 Å². The molecular weight excluding hydrogens is 442 g/mol. The summed E-state index contributed by atoms with van der Waals surface area (Å²) in [5.74, 6) is -0.671. The molecule has 0 spiro atoms. The smallest absolute Gasteiger partial charge is 0.269 e. The first-order valence-corrected chi connectivity index (χ1v) is 11.9. The summed E-state index contributed by atoms with van der Waals surface area (Å²) in [5, 5.41) is 12.7. The summed E-state index contributed by atoms with van der Waals surface area (Å²) in [6.45, 7) is 5.95. The van der Waals surface area contributed by atoms with Crippen LogP contribution in [-0.4, -0.2) is 17.1 Å². The second-order valence-corrected chi connectivity index (χ2v) is 9.61. The van der Waals surface area contributed by atoms with Crippen molar-refractivity contribution in [2.75, 3.05) is 10.2 Å². The van der Waals surface area contributed by atoms with Crippen molar-refractivity contribution in [3.05, 3.63) is 106 Å². The average molecular weight is 468 g/mol. The van der Waals surface area contributed by atoms with Gasteiger partial charge in [0.25, 0.3) is 5.91 Å². The van der Waals surface area contributed by atoms with Gasteiger partial charge in [-0.15, -0.1) is 0 Å². The van der Waals surface area contributed by atoms with E-state index in [1.165, 1.54) is 16.7 Å². The van der Waals surface area contributed by atoms with Crippen LogP contribution in [0.2, 0.25) is 0 Å². The largest absolute Gasteiger partial charge is 0.321 e. The summed E-state index contributed by atoms with van der Waals surface area (Å²) >= 11 is 1.27. The summed E-state index contributed by atoms with van der Waals surface area (Å²) in [5.41, 5.74) is 5.46. The van der Waals surface area contributed by atoms with E-state index in [0.29, 0.717) is 22.8 Å². The third kappa shape index (κ3) is 5.05. The van der Waals surface area contributed by atoms with Crippen LogP contribution in [0, 0.1) is 32.1 Å². The standard InChI is InChI=1S/C28H25N3O2S/c1-18-4-10-21(11-5-18)16-25-27(33)31(23-14-8-20(3)9-15-23)28(34-25)24(17-29)26(32)30-22-12-6-19(2)7-13-22/h4-15,25H,16H2,1-3H3,(H,30,32)/b28-24-/t25-/m1/s1. The van der Waals surface area contributed by atoms with Gasteiger partial charge in [-0.05, 0) is 57.0 Å². The normalized spacial score (nSPS) is 16.8. The number of carbonyl (C=O) groups excluding carboxylic acids is 2. The molecule has 0 bridgehead atoms. The minimum absolute atomic E-state index is 0.0779. The molecule has 1 N–H and O–H groups in total. The maximum Gasteiger partial charge on any atom is 0.269 e. The molecular formula is C28H25N3O2S. The molecule has 0 aromatic heterocycles. The fourth-order valence-corrected chi connectivity index (χ4v) is 4.99. The van der Waals surface area contributed by atoms with Gasteiger partial charge in [0.05, 0.1) is 5.25 Å². The van der Waals surface area contributed by atoms with Crippen LogP contribution >= 0.6 is 11.8 Å². The number of nitrogens with zero attached hydrogens (tertiary/aromatic N) is 2. The van der Waals surface area contributed by atoms with Crippen LogP contribution in [0.3, 0.4) is 0 Å². The van der Waals surface area contributed by atoms with Gasteiger partial charge in [0.1, 0.15) is 16.7 Å². The van der Waals surface area contributed by atoms with E-state index in [9.17, 15) is 14.9 Å². The Hall–Kier alpha value is -3.82. The number of aryl methyl sites for hydroxylation is 3. The molecule has 34 heavy (non-hydrogen) atoms. The predicted octanol–water partition coefficient (Wildman–Crippen LogP) is 5.68. The highest BCUT2D eigenvalue weighted by Gasteiger charge is 2.40. The van der Waals surface area contributed by atoms with E-state index in [0.717, 1.165) is 22.3 Å². The maximum atomic E-state index is 13.5. The molecule has 170 valence electrons. The van der Waals surface area contributed by atoms with Gasteiger partial charge in [0, 0.05) is 11.4 Å². The van der Waals surface area contributed by atoms with Crippen molar-refractivity contribution in [3.8, 4) is 6.07 Å². The predicted molar refractivity (Wildman–Crippen MR) is 137 cm³/mol. The molecule has 1 saturated heterocycles. The molecule has 1 aliphatic rings. The van der Waals surface area contributed by atoms with Crippen molar-refractivity contribution in [2.45, 2.75) is 32.4 Å². The lowest BCUT2D eigenvalue weighted by Gasteiger charge is -2.19. The molecule has 2 amide bonds. The van der Waals surface area contributed by atoms with Crippen molar-refractivity contribution < 1.29 is 9.59 Å². The van der Waals surface area contributed by atoms with Gasteiger partial charge in [-0.25, -0.2) is 0 Å². The Labute approximate surface area is 204 Å². The first-order chi connectivity index (χ1) is 16.4. The molecule has 0 aliphatic carbocycles. The quantitative estimate of drug-likeness (QED) is 0.387. The number of benzene rings is 3. The number of nitrogens with one attached hydrogen (secondary N) is 1. The molecule has 1 atom stereocenters. The lowest BCUT2D eigenvalue weighted by molar-refractivity contribution is -0.117. The Kier molecular flexibility index (Phi) is 6.85. The first kappa shape index (κ1) is 23.3. The zero-order valence-corrected chi connectivity index (χ0v) is 20.1. The van der Waals surface area contributed by atoms with Crippen molar-refractivity contribution >= 4 is 35.0 Å². The summed E-state index contributed by atoms with van der Waals surface area (Å²) in [4.78, 5) is 28.2. The maximum absolute atomic E-state index is 13.5. The fourth-order valence-electron chi connectivity index (χ4n) is 3.68. The number of amides is 2. The first-order valence-electron chi connectivity index (χ1n) is 11.0. The summed E-state index contributed by atoms with van der Waals surface area (Å²) < 4.78 is 0. The van der Waals surface area contributed by atoms with Crippen molar-refractivity contribution in [1.29, 1.82) is 5.26 Å². The second kappa shape index (κ2) is 9.98. The van der Waals surface area contributed by atoms with Gasteiger partial charge < -0.3 is 5.32 Å². The van der Waals surface area contributed by atoms with E-state index in [4.69, 9.17) is 0 Å². The Morgan fingerprint density at radius 1 is 0.912 bits per heavy atom. The summed E-state index contributed by atoms with van der Waals surface area (Å²) in [6.07, 6.45) is 0.508. The Bertz CT molecular complexity index is 1290. The highest BCUT2D eigenvalue weighted by Crippen LogP contribution is 2.42. The number of hydrogen-bond donors (Lipinski definition) is 1. The van der Waals surface area contributed by atoms with Crippen molar-refractivity contribution in [1.82, 2.24) is 0 Å². The lowest BCUT2D eigenvalue weighted by Crippen LogP contribution is -2.30. The number of anilines is 2. The molecule has 5 nitrogen and oxygen atoms in total. The van der Waals surface area contributed by atoms with Gasteiger partial charge in [0.15, 0.2) is 0 Å². The minimum atomic E-state index is -0.533. The molecule has 1 aliphatic heterocycles. The number of thioether (sulfide) groups is 1. The Balaban J connectivity index is 1.71. The SMILES string of the molecule is Cc1ccc(C[C@H]2S/C(=C(/C#N)C(=O)Nc3ccc(C)cc3)N(c3ccc(C)cc3)C2=O)cc1. The Morgan fingerprint density at radius 2 is 1.44 bits per heavy atom. The zero-order chi connectivity index (χ0) is 24.2. The zero-order valence-electron chi connectivity index (χ0n) is 19.3. The topological polar surface area (TPSA) is 73.2 Å². The van der Waals surface area contributed by atoms with Crippen molar-refractivity contribution in [3.63, 3.8) is 0 Å². The van der Waals surface area contributed by atoms with Gasteiger partial charge in [0.2, 0.25) is 5.91 Å². The molecule has 1 heterocycles. The van der Waals surface area contributed by atoms with Crippen LogP contribution in [0.15, 0.2) is 83.4 Å². The van der Waals surface area contributed by atoms with Crippen LogP contribution in [0.5, 0.6) is 0 Å². The summed E-state index contributed by atoms with van der Waals surface area (Å²) in [7, 11) is 0. The Morgan fingerprint density at radius 3 is 2.00 bits per heavy atom. The van der Waals surface area contributed by atoms with Crippen LogP contribution in [0.4, 0.5) is 11.4 Å².